The van der Waals surface area contributed by atoms with Crippen LogP contribution in [0, 0.1) is 0 Å². The Balaban J connectivity index is 1.58. The Morgan fingerprint density at radius 3 is 2.46 bits per heavy atom. The molecule has 0 saturated carbocycles. The summed E-state index contributed by atoms with van der Waals surface area (Å²) in [6, 6.07) is 19.3. The fourth-order valence-corrected chi connectivity index (χ4v) is 3.94. The van der Waals surface area contributed by atoms with Gasteiger partial charge in [0.1, 0.15) is 0 Å². The van der Waals surface area contributed by atoms with Crippen molar-refractivity contribution in [3.8, 4) is 11.3 Å². The van der Waals surface area contributed by atoms with Crippen LogP contribution in [-0.2, 0) is 11.2 Å². The summed E-state index contributed by atoms with van der Waals surface area (Å²) in [4.78, 5) is 15.8. The summed E-state index contributed by atoms with van der Waals surface area (Å²) >= 11 is 1.63. The van der Waals surface area contributed by atoms with Crippen molar-refractivity contribution in [3.63, 3.8) is 0 Å². The van der Waals surface area contributed by atoms with Crippen molar-refractivity contribution in [2.45, 2.75) is 45.7 Å². The molecule has 28 heavy (non-hydrogen) atoms. The predicted octanol–water partition coefficient (Wildman–Crippen LogP) is 5.44. The lowest BCUT2D eigenvalue weighted by molar-refractivity contribution is -0.119. The van der Waals surface area contributed by atoms with Crippen LogP contribution in [-0.4, -0.2) is 16.9 Å². The van der Waals surface area contributed by atoms with E-state index in [1.807, 2.05) is 13.0 Å². The van der Waals surface area contributed by atoms with Crippen molar-refractivity contribution >= 4 is 22.4 Å². The third-order valence-electron chi connectivity index (χ3n) is 4.71. The lowest BCUT2D eigenvalue weighted by Crippen LogP contribution is -2.30. The van der Waals surface area contributed by atoms with Crippen molar-refractivity contribution in [3.05, 3.63) is 71.1 Å². The number of amides is 1. The van der Waals surface area contributed by atoms with E-state index in [0.717, 1.165) is 29.2 Å². The summed E-state index contributed by atoms with van der Waals surface area (Å²) in [5.41, 5.74) is 4.63. The zero-order valence-corrected chi connectivity index (χ0v) is 17.4. The van der Waals surface area contributed by atoms with E-state index in [0.29, 0.717) is 0 Å². The number of anilines is 1. The van der Waals surface area contributed by atoms with E-state index in [1.54, 1.807) is 18.3 Å². The minimum Gasteiger partial charge on any atom is -0.355 e. The van der Waals surface area contributed by atoms with Crippen molar-refractivity contribution in [2.24, 2.45) is 0 Å². The second kappa shape index (κ2) is 9.51. The maximum absolute atomic E-state index is 11.1. The highest BCUT2D eigenvalue weighted by atomic mass is 32.1. The summed E-state index contributed by atoms with van der Waals surface area (Å²) < 4.78 is 0. The topological polar surface area (TPSA) is 54.0 Å². The standard InChI is InChI=1S/C23H27N3OS/c1-16(24-18(3)27)9-10-19-11-13-21(14-12-19)22-15-28-23(26-22)25-17(2)20-7-5-4-6-8-20/h4-8,11-17H,9-10H2,1-3H3,(H,24,27)(H,25,26)/t16-,17+/m0/s1. The molecule has 0 aliphatic rings. The van der Waals surface area contributed by atoms with Gasteiger partial charge >= 0.3 is 0 Å². The second-order valence-corrected chi connectivity index (χ2v) is 8.01. The van der Waals surface area contributed by atoms with Gasteiger partial charge in [-0.15, -0.1) is 11.3 Å². The molecule has 2 aromatic carbocycles. The first-order chi connectivity index (χ1) is 13.5. The monoisotopic (exact) mass is 393 g/mol. The quantitative estimate of drug-likeness (QED) is 0.536. The number of carbonyl (C=O) groups excluding carboxylic acids is 1. The van der Waals surface area contributed by atoms with Gasteiger partial charge in [-0.1, -0.05) is 54.6 Å². The number of carbonyl (C=O) groups is 1. The molecular formula is C23H27N3OS. The molecule has 4 nitrogen and oxygen atoms in total. The Hall–Kier alpha value is -2.66. The van der Waals surface area contributed by atoms with Crippen LogP contribution in [0.5, 0.6) is 0 Å². The van der Waals surface area contributed by atoms with Crippen molar-refractivity contribution in [1.82, 2.24) is 10.3 Å². The molecular weight excluding hydrogens is 366 g/mol. The first-order valence-corrected chi connectivity index (χ1v) is 10.5. The molecule has 2 N–H and O–H groups in total. The van der Waals surface area contributed by atoms with E-state index in [4.69, 9.17) is 4.98 Å². The van der Waals surface area contributed by atoms with Crippen molar-refractivity contribution in [1.29, 1.82) is 0 Å². The molecule has 0 bridgehead atoms. The number of hydrogen-bond donors (Lipinski definition) is 2. The van der Waals surface area contributed by atoms with Crippen LogP contribution in [0.25, 0.3) is 11.3 Å². The third kappa shape index (κ3) is 5.67. The zero-order chi connectivity index (χ0) is 19.9. The largest absolute Gasteiger partial charge is 0.355 e. The number of benzene rings is 2. The average Bonchev–Trinajstić information content (AvgIpc) is 3.15. The number of rotatable bonds is 8. The van der Waals surface area contributed by atoms with E-state index in [1.165, 1.54) is 11.1 Å². The van der Waals surface area contributed by atoms with Crippen LogP contribution < -0.4 is 10.6 Å². The second-order valence-electron chi connectivity index (χ2n) is 7.15. The molecule has 0 spiro atoms. The zero-order valence-electron chi connectivity index (χ0n) is 16.6. The van der Waals surface area contributed by atoms with Gasteiger partial charge in [-0.3, -0.25) is 4.79 Å². The minimum absolute atomic E-state index is 0.0253. The van der Waals surface area contributed by atoms with Crippen LogP contribution in [0.1, 0.15) is 44.4 Å². The van der Waals surface area contributed by atoms with Gasteiger partial charge in [-0.2, -0.15) is 0 Å². The van der Waals surface area contributed by atoms with E-state index in [-0.39, 0.29) is 18.0 Å². The Bertz CT molecular complexity index is 890. The number of nitrogens with one attached hydrogen (secondary N) is 2. The van der Waals surface area contributed by atoms with Gasteiger partial charge in [0, 0.05) is 23.9 Å². The maximum Gasteiger partial charge on any atom is 0.217 e. The molecule has 3 aromatic rings. The Labute approximate surface area is 171 Å². The summed E-state index contributed by atoms with van der Waals surface area (Å²) in [5, 5.41) is 9.43. The maximum atomic E-state index is 11.1. The first kappa shape index (κ1) is 20.1. The Kier molecular flexibility index (Phi) is 6.82. The molecule has 3 rings (SSSR count). The molecule has 0 fully saturated rings. The van der Waals surface area contributed by atoms with Gasteiger partial charge in [-0.25, -0.2) is 4.98 Å². The SMILES string of the molecule is CC(=O)N[C@@H](C)CCc1ccc(-c2csc(N[C@H](C)c3ccccc3)n2)cc1. The smallest absolute Gasteiger partial charge is 0.217 e. The number of aromatic nitrogens is 1. The molecule has 146 valence electrons. The van der Waals surface area contributed by atoms with Gasteiger partial charge < -0.3 is 10.6 Å². The van der Waals surface area contributed by atoms with Gasteiger partial charge in [0.2, 0.25) is 5.91 Å². The molecule has 0 unspecified atom stereocenters. The van der Waals surface area contributed by atoms with Gasteiger partial charge in [0.15, 0.2) is 5.13 Å². The lowest BCUT2D eigenvalue weighted by atomic mass is 10.0. The number of nitrogens with zero attached hydrogens (tertiary/aromatic N) is 1. The molecule has 0 aliphatic carbocycles. The molecule has 1 heterocycles. The highest BCUT2D eigenvalue weighted by Gasteiger charge is 2.09. The molecule has 2 atom stereocenters. The first-order valence-electron chi connectivity index (χ1n) is 9.64. The summed E-state index contributed by atoms with van der Waals surface area (Å²) in [5.74, 6) is 0.0253. The van der Waals surface area contributed by atoms with Crippen LogP contribution in [0.15, 0.2) is 60.0 Å². The number of aryl methyl sites for hydroxylation is 1. The minimum atomic E-state index is 0.0253. The summed E-state index contributed by atoms with van der Waals surface area (Å²) in [6.07, 6.45) is 1.88. The molecule has 0 aliphatic heterocycles. The van der Waals surface area contributed by atoms with Crippen LogP contribution in [0.4, 0.5) is 5.13 Å². The summed E-state index contributed by atoms with van der Waals surface area (Å²) in [6.45, 7) is 5.74. The van der Waals surface area contributed by atoms with Gasteiger partial charge in [0.05, 0.1) is 11.7 Å². The normalized spacial score (nSPS) is 13.0. The van der Waals surface area contributed by atoms with Crippen LogP contribution in [0.3, 0.4) is 0 Å². The van der Waals surface area contributed by atoms with Crippen molar-refractivity contribution < 1.29 is 4.79 Å². The molecule has 1 aromatic heterocycles. The fourth-order valence-electron chi connectivity index (χ4n) is 3.13. The highest BCUT2D eigenvalue weighted by molar-refractivity contribution is 7.14. The Morgan fingerprint density at radius 1 is 1.07 bits per heavy atom. The van der Waals surface area contributed by atoms with Gasteiger partial charge in [-0.05, 0) is 37.8 Å². The van der Waals surface area contributed by atoms with Crippen LogP contribution in [0.2, 0.25) is 0 Å². The predicted molar refractivity (Wildman–Crippen MR) is 118 cm³/mol. The fraction of sp³-hybridized carbons (Fsp3) is 0.304. The molecule has 5 heteroatoms. The Morgan fingerprint density at radius 2 is 1.79 bits per heavy atom. The lowest BCUT2D eigenvalue weighted by Gasteiger charge is -2.13. The van der Waals surface area contributed by atoms with E-state index >= 15 is 0 Å². The van der Waals surface area contributed by atoms with E-state index in [2.05, 4.69) is 71.5 Å². The number of hydrogen-bond acceptors (Lipinski definition) is 4. The third-order valence-corrected chi connectivity index (χ3v) is 5.48. The highest BCUT2D eigenvalue weighted by Crippen LogP contribution is 2.28. The molecule has 0 radical (unpaired) electrons. The van der Waals surface area contributed by atoms with E-state index in [9.17, 15) is 4.79 Å². The average molecular weight is 394 g/mol. The molecule has 0 saturated heterocycles. The summed E-state index contributed by atoms with van der Waals surface area (Å²) in [7, 11) is 0. The molecule has 1 amide bonds. The van der Waals surface area contributed by atoms with E-state index < -0.39 is 0 Å². The number of thiazole rings is 1. The van der Waals surface area contributed by atoms with Crippen molar-refractivity contribution in [2.75, 3.05) is 5.32 Å². The van der Waals surface area contributed by atoms with Gasteiger partial charge in [0.25, 0.3) is 0 Å². The van der Waals surface area contributed by atoms with Crippen LogP contribution >= 0.6 is 11.3 Å².